The van der Waals surface area contributed by atoms with Gasteiger partial charge in [-0.05, 0) is 58.7 Å². The number of ether oxygens (including phenoxy) is 1. The second kappa shape index (κ2) is 9.01. The van der Waals surface area contributed by atoms with Crippen molar-refractivity contribution in [3.05, 3.63) is 0 Å². The van der Waals surface area contributed by atoms with Crippen LogP contribution in [-0.4, -0.2) is 50.8 Å². The molecule has 3 heteroatoms. The molecule has 0 amide bonds. The van der Waals surface area contributed by atoms with Crippen molar-refractivity contribution in [3.63, 3.8) is 0 Å². The first kappa shape index (κ1) is 17.9. The molecule has 120 valence electrons. The minimum atomic E-state index is 0.334. The molecule has 0 aromatic rings. The Labute approximate surface area is 126 Å². The van der Waals surface area contributed by atoms with E-state index in [0.29, 0.717) is 11.6 Å². The number of likely N-dealkylation sites (N-methyl/N-ethyl adjacent to an activating group) is 1. The van der Waals surface area contributed by atoms with E-state index in [4.69, 9.17) is 4.74 Å². The molecule has 1 aliphatic rings. The molecule has 1 saturated carbocycles. The molecular formula is C17H36N2O. The van der Waals surface area contributed by atoms with E-state index in [9.17, 15) is 0 Å². The molecule has 1 rings (SSSR count). The van der Waals surface area contributed by atoms with Gasteiger partial charge in [-0.3, -0.25) is 0 Å². The molecule has 0 heterocycles. The molecule has 3 atom stereocenters. The van der Waals surface area contributed by atoms with Gasteiger partial charge in [0.2, 0.25) is 0 Å². The van der Waals surface area contributed by atoms with Gasteiger partial charge in [-0.25, -0.2) is 0 Å². The number of hydrogen-bond acceptors (Lipinski definition) is 3. The fourth-order valence-corrected chi connectivity index (χ4v) is 3.91. The number of nitrogens with zero attached hydrogens (tertiary/aromatic N) is 1. The van der Waals surface area contributed by atoms with Gasteiger partial charge in [0.15, 0.2) is 0 Å². The molecule has 0 radical (unpaired) electrons. The van der Waals surface area contributed by atoms with Crippen LogP contribution < -0.4 is 5.32 Å². The molecule has 20 heavy (non-hydrogen) atoms. The first-order chi connectivity index (χ1) is 9.56. The lowest BCUT2D eigenvalue weighted by Crippen LogP contribution is -2.61. The topological polar surface area (TPSA) is 24.5 Å². The van der Waals surface area contributed by atoms with E-state index in [1.807, 2.05) is 0 Å². The third-order valence-corrected chi connectivity index (χ3v) is 5.03. The van der Waals surface area contributed by atoms with Gasteiger partial charge in [-0.1, -0.05) is 26.7 Å². The molecule has 1 N–H and O–H groups in total. The maximum atomic E-state index is 5.26. The van der Waals surface area contributed by atoms with Gasteiger partial charge in [0.1, 0.15) is 0 Å². The molecule has 0 spiro atoms. The molecule has 0 aromatic heterocycles. The average Bonchev–Trinajstić information content (AvgIpc) is 2.42. The van der Waals surface area contributed by atoms with E-state index in [1.165, 1.54) is 38.5 Å². The lowest BCUT2D eigenvalue weighted by Gasteiger charge is -2.50. The molecule has 0 bridgehead atoms. The third kappa shape index (κ3) is 4.71. The highest BCUT2D eigenvalue weighted by molar-refractivity contribution is 5.01. The van der Waals surface area contributed by atoms with Crippen LogP contribution in [0.15, 0.2) is 0 Å². The summed E-state index contributed by atoms with van der Waals surface area (Å²) in [5.74, 6) is 0.847. The minimum Gasteiger partial charge on any atom is -0.385 e. The number of methoxy groups -OCH3 is 1. The summed E-state index contributed by atoms with van der Waals surface area (Å²) < 4.78 is 5.26. The van der Waals surface area contributed by atoms with Gasteiger partial charge in [0, 0.05) is 25.3 Å². The van der Waals surface area contributed by atoms with Crippen molar-refractivity contribution in [3.8, 4) is 0 Å². The van der Waals surface area contributed by atoms with Crippen LogP contribution in [0.1, 0.15) is 58.8 Å². The van der Waals surface area contributed by atoms with Crippen LogP contribution in [0.2, 0.25) is 0 Å². The van der Waals surface area contributed by atoms with Crippen LogP contribution in [-0.2, 0) is 4.74 Å². The minimum absolute atomic E-state index is 0.334. The van der Waals surface area contributed by atoms with Crippen LogP contribution in [0.25, 0.3) is 0 Å². The third-order valence-electron chi connectivity index (χ3n) is 5.03. The quantitative estimate of drug-likeness (QED) is 0.658. The lowest BCUT2D eigenvalue weighted by molar-refractivity contribution is 0.0311. The largest absolute Gasteiger partial charge is 0.385 e. The van der Waals surface area contributed by atoms with Crippen LogP contribution in [0, 0.1) is 5.92 Å². The van der Waals surface area contributed by atoms with Crippen molar-refractivity contribution in [1.82, 2.24) is 10.2 Å². The normalized spacial score (nSPS) is 28.8. The summed E-state index contributed by atoms with van der Waals surface area (Å²) in [5.41, 5.74) is 0.334. The number of nitrogens with one attached hydrogen (secondary N) is 1. The van der Waals surface area contributed by atoms with E-state index >= 15 is 0 Å². The summed E-state index contributed by atoms with van der Waals surface area (Å²) in [4.78, 5) is 2.50. The smallest absolute Gasteiger partial charge is 0.0462 e. The van der Waals surface area contributed by atoms with Crippen LogP contribution >= 0.6 is 0 Å². The average molecular weight is 284 g/mol. The van der Waals surface area contributed by atoms with Crippen LogP contribution in [0.4, 0.5) is 0 Å². The molecule has 0 aliphatic heterocycles. The zero-order valence-corrected chi connectivity index (χ0v) is 14.4. The van der Waals surface area contributed by atoms with Crippen molar-refractivity contribution in [2.24, 2.45) is 5.92 Å². The van der Waals surface area contributed by atoms with Crippen molar-refractivity contribution in [1.29, 1.82) is 0 Å². The highest BCUT2D eigenvalue weighted by Crippen LogP contribution is 2.39. The second-order valence-corrected chi connectivity index (χ2v) is 6.84. The SMILES string of the molecule is CCCNC(CCCOC)C1(N(C)C)CCCC(C)C1. The first-order valence-corrected chi connectivity index (χ1v) is 8.46. The maximum absolute atomic E-state index is 5.26. The summed E-state index contributed by atoms with van der Waals surface area (Å²) in [7, 11) is 6.35. The van der Waals surface area contributed by atoms with E-state index in [-0.39, 0.29) is 0 Å². The van der Waals surface area contributed by atoms with E-state index < -0.39 is 0 Å². The van der Waals surface area contributed by atoms with Gasteiger partial charge >= 0.3 is 0 Å². The summed E-state index contributed by atoms with van der Waals surface area (Å²) >= 11 is 0. The fourth-order valence-electron chi connectivity index (χ4n) is 3.91. The monoisotopic (exact) mass is 284 g/mol. The summed E-state index contributed by atoms with van der Waals surface area (Å²) in [6.07, 6.45) is 9.01. The molecule has 1 fully saturated rings. The number of hydrogen-bond donors (Lipinski definition) is 1. The number of rotatable bonds is 9. The molecule has 3 unspecified atom stereocenters. The van der Waals surface area contributed by atoms with E-state index in [2.05, 4.69) is 38.2 Å². The Bertz CT molecular complexity index is 257. The Kier molecular flexibility index (Phi) is 8.08. The Morgan fingerprint density at radius 2 is 2.15 bits per heavy atom. The van der Waals surface area contributed by atoms with E-state index in [1.54, 1.807) is 7.11 Å². The Hall–Kier alpha value is -0.120. The van der Waals surface area contributed by atoms with Gasteiger partial charge in [0.25, 0.3) is 0 Å². The molecular weight excluding hydrogens is 248 g/mol. The highest BCUT2D eigenvalue weighted by Gasteiger charge is 2.42. The standard InChI is InChI=1S/C17H36N2O/c1-6-12-18-16(10-8-13-20-5)17(19(3)4)11-7-9-15(2)14-17/h15-16,18H,6-14H2,1-5H3. The van der Waals surface area contributed by atoms with Crippen LogP contribution in [0.3, 0.4) is 0 Å². The van der Waals surface area contributed by atoms with Crippen molar-refractivity contribution >= 4 is 0 Å². The van der Waals surface area contributed by atoms with Gasteiger partial charge in [0.05, 0.1) is 0 Å². The zero-order valence-electron chi connectivity index (χ0n) is 14.4. The summed E-state index contributed by atoms with van der Waals surface area (Å²) in [6, 6.07) is 0.593. The highest BCUT2D eigenvalue weighted by atomic mass is 16.5. The molecule has 3 nitrogen and oxygen atoms in total. The Morgan fingerprint density at radius 3 is 2.70 bits per heavy atom. The lowest BCUT2D eigenvalue weighted by atomic mass is 9.70. The summed E-state index contributed by atoms with van der Waals surface area (Å²) in [6.45, 7) is 6.68. The maximum Gasteiger partial charge on any atom is 0.0462 e. The Balaban J connectivity index is 2.79. The van der Waals surface area contributed by atoms with E-state index in [0.717, 1.165) is 25.5 Å². The van der Waals surface area contributed by atoms with Crippen molar-refractivity contribution < 1.29 is 4.74 Å². The van der Waals surface area contributed by atoms with Gasteiger partial charge < -0.3 is 15.0 Å². The van der Waals surface area contributed by atoms with Crippen molar-refractivity contribution in [2.75, 3.05) is 34.4 Å². The molecule has 0 saturated heterocycles. The van der Waals surface area contributed by atoms with Crippen molar-refractivity contribution in [2.45, 2.75) is 70.4 Å². The first-order valence-electron chi connectivity index (χ1n) is 8.46. The van der Waals surface area contributed by atoms with Gasteiger partial charge in [-0.2, -0.15) is 0 Å². The Morgan fingerprint density at radius 1 is 1.40 bits per heavy atom. The molecule has 0 aromatic carbocycles. The fraction of sp³-hybridized carbons (Fsp3) is 1.00. The zero-order chi connectivity index (χ0) is 15.0. The van der Waals surface area contributed by atoms with Crippen LogP contribution in [0.5, 0.6) is 0 Å². The van der Waals surface area contributed by atoms with Gasteiger partial charge in [-0.15, -0.1) is 0 Å². The molecule has 1 aliphatic carbocycles. The second-order valence-electron chi connectivity index (χ2n) is 6.84. The predicted molar refractivity (Wildman–Crippen MR) is 87.2 cm³/mol. The predicted octanol–water partition coefficient (Wildman–Crippen LogP) is 3.29. The summed E-state index contributed by atoms with van der Waals surface area (Å²) in [5, 5.41) is 3.84.